The van der Waals surface area contributed by atoms with Gasteiger partial charge in [0.2, 0.25) is 0 Å². The zero-order valence-corrected chi connectivity index (χ0v) is 10.7. The van der Waals surface area contributed by atoms with Gasteiger partial charge in [-0.05, 0) is 31.6 Å². The fourth-order valence-corrected chi connectivity index (χ4v) is 3.39. The molecule has 0 amide bonds. The van der Waals surface area contributed by atoms with Crippen LogP contribution >= 0.6 is 0 Å². The molecule has 2 aliphatic rings. The number of aldehydes is 1. The van der Waals surface area contributed by atoms with Gasteiger partial charge in [0, 0.05) is 12.3 Å². The van der Waals surface area contributed by atoms with Crippen molar-refractivity contribution in [3.63, 3.8) is 0 Å². The van der Waals surface area contributed by atoms with Crippen molar-refractivity contribution in [2.75, 3.05) is 0 Å². The van der Waals surface area contributed by atoms with Crippen LogP contribution in [0.15, 0.2) is 0 Å². The first-order valence-electron chi connectivity index (χ1n) is 7.05. The van der Waals surface area contributed by atoms with Gasteiger partial charge in [-0.15, -0.1) is 0 Å². The van der Waals surface area contributed by atoms with Crippen LogP contribution in [0.5, 0.6) is 0 Å². The maximum absolute atomic E-state index is 11.1. The zero-order chi connectivity index (χ0) is 13.0. The number of carbonyl (C=O) groups is 2. The monoisotopic (exact) mass is 254 g/mol. The van der Waals surface area contributed by atoms with Crippen LogP contribution in [-0.4, -0.2) is 29.6 Å². The van der Waals surface area contributed by atoms with E-state index in [-0.39, 0.29) is 18.4 Å². The van der Waals surface area contributed by atoms with Crippen molar-refractivity contribution in [3.05, 3.63) is 0 Å². The second-order valence-electron chi connectivity index (χ2n) is 5.51. The fraction of sp³-hybridized carbons (Fsp3) is 0.857. The van der Waals surface area contributed by atoms with E-state index in [2.05, 4.69) is 0 Å². The third-order valence-electron chi connectivity index (χ3n) is 4.32. The third kappa shape index (κ3) is 3.10. The molecule has 18 heavy (non-hydrogen) atoms. The normalized spacial score (nSPS) is 33.8. The molecule has 1 unspecified atom stereocenters. The van der Waals surface area contributed by atoms with Crippen molar-refractivity contribution < 1.29 is 19.4 Å². The van der Waals surface area contributed by atoms with Crippen LogP contribution in [0.2, 0.25) is 0 Å². The van der Waals surface area contributed by atoms with Crippen molar-refractivity contribution in [3.8, 4) is 0 Å². The number of carboxylic acid groups (broad SMARTS) is 1. The van der Waals surface area contributed by atoms with Gasteiger partial charge in [-0.25, -0.2) is 0 Å². The fourth-order valence-electron chi connectivity index (χ4n) is 3.39. The van der Waals surface area contributed by atoms with E-state index in [4.69, 9.17) is 9.84 Å². The van der Waals surface area contributed by atoms with E-state index < -0.39 is 5.97 Å². The first-order chi connectivity index (χ1) is 8.72. The van der Waals surface area contributed by atoms with Crippen LogP contribution in [0.3, 0.4) is 0 Å². The summed E-state index contributed by atoms with van der Waals surface area (Å²) < 4.78 is 5.79. The van der Waals surface area contributed by atoms with Gasteiger partial charge in [0.05, 0.1) is 12.2 Å². The number of aliphatic carboxylic acids is 1. The standard InChI is InChI=1S/C14H22O4/c15-9-11-10(12-7-8-13(11)18-12)5-3-1-2-4-6-14(16)17/h9-13H,1-8H2,(H,16,17)/t10-,11?,12+,13-/m1/s1. The average Bonchev–Trinajstić information content (AvgIpc) is 2.93. The first-order valence-corrected chi connectivity index (χ1v) is 7.05. The molecular weight excluding hydrogens is 232 g/mol. The van der Waals surface area contributed by atoms with E-state index >= 15 is 0 Å². The van der Waals surface area contributed by atoms with Gasteiger partial charge in [-0.1, -0.05) is 19.3 Å². The highest BCUT2D eigenvalue weighted by atomic mass is 16.5. The summed E-state index contributed by atoms with van der Waals surface area (Å²) >= 11 is 0. The highest BCUT2D eigenvalue weighted by molar-refractivity contribution is 5.66. The first kappa shape index (κ1) is 13.5. The average molecular weight is 254 g/mol. The molecule has 0 aromatic carbocycles. The van der Waals surface area contributed by atoms with E-state index in [0.29, 0.717) is 12.0 Å². The number of unbranched alkanes of at least 4 members (excludes halogenated alkanes) is 3. The summed E-state index contributed by atoms with van der Waals surface area (Å²) in [5.41, 5.74) is 0. The summed E-state index contributed by atoms with van der Waals surface area (Å²) in [6, 6.07) is 0. The molecule has 2 heterocycles. The molecule has 102 valence electrons. The van der Waals surface area contributed by atoms with Crippen molar-refractivity contribution in [1.82, 2.24) is 0 Å². The molecule has 0 radical (unpaired) electrons. The van der Waals surface area contributed by atoms with Crippen LogP contribution in [0, 0.1) is 11.8 Å². The molecule has 1 N–H and O–H groups in total. The Bertz CT molecular complexity index is 302. The van der Waals surface area contributed by atoms with E-state index in [1.54, 1.807) is 0 Å². The lowest BCUT2D eigenvalue weighted by molar-refractivity contribution is -0.137. The van der Waals surface area contributed by atoms with E-state index in [1.807, 2.05) is 0 Å². The van der Waals surface area contributed by atoms with E-state index in [1.165, 1.54) is 0 Å². The van der Waals surface area contributed by atoms with Crippen LogP contribution < -0.4 is 0 Å². The van der Waals surface area contributed by atoms with Gasteiger partial charge in [0.1, 0.15) is 6.29 Å². The highest BCUT2D eigenvalue weighted by Gasteiger charge is 2.48. The molecule has 0 spiro atoms. The Morgan fingerprint density at radius 2 is 1.89 bits per heavy atom. The van der Waals surface area contributed by atoms with E-state index in [0.717, 1.165) is 51.2 Å². The van der Waals surface area contributed by atoms with Crippen LogP contribution in [0.4, 0.5) is 0 Å². The predicted octanol–water partition coefficient (Wildman–Crippen LogP) is 2.40. The number of carboxylic acids is 1. The lowest BCUT2D eigenvalue weighted by atomic mass is 9.77. The van der Waals surface area contributed by atoms with Gasteiger partial charge < -0.3 is 14.6 Å². The predicted molar refractivity (Wildman–Crippen MR) is 66.3 cm³/mol. The maximum Gasteiger partial charge on any atom is 0.303 e. The summed E-state index contributed by atoms with van der Waals surface area (Å²) in [5.74, 6) is -0.180. The molecule has 2 saturated heterocycles. The third-order valence-corrected chi connectivity index (χ3v) is 4.32. The number of carbonyl (C=O) groups excluding carboxylic acids is 1. The number of fused-ring (bicyclic) bond motifs is 2. The van der Waals surface area contributed by atoms with Crippen LogP contribution in [-0.2, 0) is 14.3 Å². The minimum absolute atomic E-state index is 0.114. The minimum Gasteiger partial charge on any atom is -0.481 e. The number of ether oxygens (including phenoxy) is 1. The molecule has 4 heteroatoms. The Morgan fingerprint density at radius 3 is 2.61 bits per heavy atom. The van der Waals surface area contributed by atoms with Gasteiger partial charge >= 0.3 is 5.97 Å². The topological polar surface area (TPSA) is 63.6 Å². The largest absolute Gasteiger partial charge is 0.481 e. The van der Waals surface area contributed by atoms with Gasteiger partial charge in [0.25, 0.3) is 0 Å². The second-order valence-corrected chi connectivity index (χ2v) is 5.51. The molecule has 4 atom stereocenters. The number of hydrogen-bond donors (Lipinski definition) is 1. The summed E-state index contributed by atoms with van der Waals surface area (Å²) in [5, 5.41) is 8.53. The summed E-state index contributed by atoms with van der Waals surface area (Å²) in [7, 11) is 0. The maximum atomic E-state index is 11.1. The highest BCUT2D eigenvalue weighted by Crippen LogP contribution is 2.44. The minimum atomic E-state index is -0.711. The molecule has 2 aliphatic heterocycles. The van der Waals surface area contributed by atoms with E-state index in [9.17, 15) is 9.59 Å². The molecule has 4 nitrogen and oxygen atoms in total. The molecular formula is C14H22O4. The Kier molecular flexibility index (Phi) is 4.75. The van der Waals surface area contributed by atoms with Gasteiger partial charge in [-0.3, -0.25) is 4.79 Å². The Hall–Kier alpha value is -0.900. The molecule has 0 saturated carbocycles. The molecule has 2 bridgehead atoms. The quantitative estimate of drug-likeness (QED) is 0.533. The summed E-state index contributed by atoms with van der Waals surface area (Å²) in [6.45, 7) is 0. The van der Waals surface area contributed by atoms with Crippen LogP contribution in [0.25, 0.3) is 0 Å². The second kappa shape index (κ2) is 6.32. The smallest absolute Gasteiger partial charge is 0.303 e. The summed E-state index contributed by atoms with van der Waals surface area (Å²) in [6.07, 6.45) is 8.94. The Labute approximate surface area is 108 Å². The number of rotatable bonds is 8. The van der Waals surface area contributed by atoms with Crippen LogP contribution in [0.1, 0.15) is 51.4 Å². The zero-order valence-electron chi connectivity index (χ0n) is 10.7. The lowest BCUT2D eigenvalue weighted by Gasteiger charge is -2.23. The molecule has 2 fully saturated rings. The molecule has 0 aromatic heterocycles. The van der Waals surface area contributed by atoms with Crippen molar-refractivity contribution >= 4 is 12.3 Å². The van der Waals surface area contributed by atoms with Gasteiger partial charge in [0.15, 0.2) is 0 Å². The Morgan fingerprint density at radius 1 is 1.17 bits per heavy atom. The SMILES string of the molecule is O=CC1[C@@H](CCCCCCC(=O)O)[C@@H]2CC[C@H]1O2. The Balaban J connectivity index is 1.61. The van der Waals surface area contributed by atoms with Gasteiger partial charge in [-0.2, -0.15) is 0 Å². The molecule has 0 aromatic rings. The molecule has 0 aliphatic carbocycles. The lowest BCUT2D eigenvalue weighted by Crippen LogP contribution is -2.28. The van der Waals surface area contributed by atoms with Crippen molar-refractivity contribution in [2.24, 2.45) is 11.8 Å². The summed E-state index contributed by atoms with van der Waals surface area (Å²) in [4.78, 5) is 21.4. The number of hydrogen-bond acceptors (Lipinski definition) is 3. The van der Waals surface area contributed by atoms with Crippen molar-refractivity contribution in [1.29, 1.82) is 0 Å². The van der Waals surface area contributed by atoms with Crippen molar-refractivity contribution in [2.45, 2.75) is 63.6 Å². The molecule has 2 rings (SSSR count).